The second-order valence-corrected chi connectivity index (χ2v) is 6.57. The molecule has 0 radical (unpaired) electrons. The van der Waals surface area contributed by atoms with E-state index in [1.54, 1.807) is 6.92 Å². The molecule has 100 valence electrons. The molecule has 0 spiro atoms. The van der Waals surface area contributed by atoms with Gasteiger partial charge in [-0.3, -0.25) is 0 Å². The lowest BCUT2D eigenvalue weighted by Crippen LogP contribution is -2.42. The lowest BCUT2D eigenvalue weighted by molar-refractivity contribution is 0.185. The SMILES string of the molecule is CCS(=O)(=O)N[C@H]1CCC[C@@H]1Oc1ccccc1. The van der Waals surface area contributed by atoms with Crippen LogP contribution in [-0.4, -0.2) is 26.3 Å². The Hall–Kier alpha value is -1.07. The first-order valence-corrected chi connectivity index (χ1v) is 7.97. The summed E-state index contributed by atoms with van der Waals surface area (Å²) in [5.41, 5.74) is 0. The molecule has 1 saturated carbocycles. The zero-order chi connectivity index (χ0) is 13.0. The molecule has 0 amide bonds. The number of para-hydroxylation sites is 1. The van der Waals surface area contributed by atoms with Crippen molar-refractivity contribution in [1.82, 2.24) is 4.72 Å². The van der Waals surface area contributed by atoms with Crippen LogP contribution in [0.2, 0.25) is 0 Å². The van der Waals surface area contributed by atoms with Crippen molar-refractivity contribution < 1.29 is 13.2 Å². The van der Waals surface area contributed by atoms with Crippen LogP contribution in [-0.2, 0) is 10.0 Å². The van der Waals surface area contributed by atoms with Gasteiger partial charge >= 0.3 is 0 Å². The Morgan fingerprint density at radius 2 is 2.00 bits per heavy atom. The van der Waals surface area contributed by atoms with Crippen molar-refractivity contribution in [2.24, 2.45) is 0 Å². The fourth-order valence-corrected chi connectivity index (χ4v) is 3.09. The zero-order valence-corrected chi connectivity index (χ0v) is 11.3. The number of rotatable bonds is 5. The number of hydrogen-bond donors (Lipinski definition) is 1. The number of sulfonamides is 1. The van der Waals surface area contributed by atoms with Crippen molar-refractivity contribution in [3.63, 3.8) is 0 Å². The highest BCUT2D eigenvalue weighted by Crippen LogP contribution is 2.25. The third-order valence-corrected chi connectivity index (χ3v) is 4.62. The normalized spacial score (nSPS) is 24.1. The molecule has 1 N–H and O–H groups in total. The van der Waals surface area contributed by atoms with Gasteiger partial charge in [0, 0.05) is 0 Å². The molecule has 1 aromatic rings. The van der Waals surface area contributed by atoms with E-state index in [4.69, 9.17) is 4.74 Å². The van der Waals surface area contributed by atoms with Crippen molar-refractivity contribution in [3.8, 4) is 5.75 Å². The van der Waals surface area contributed by atoms with Crippen molar-refractivity contribution in [2.75, 3.05) is 5.75 Å². The lowest BCUT2D eigenvalue weighted by Gasteiger charge is -2.22. The van der Waals surface area contributed by atoms with Crippen LogP contribution in [0.3, 0.4) is 0 Å². The molecule has 2 atom stereocenters. The Bertz CT molecular complexity index is 472. The zero-order valence-electron chi connectivity index (χ0n) is 10.5. The molecule has 0 bridgehead atoms. The van der Waals surface area contributed by atoms with Gasteiger partial charge in [0.15, 0.2) is 0 Å². The lowest BCUT2D eigenvalue weighted by atomic mass is 10.2. The van der Waals surface area contributed by atoms with Gasteiger partial charge in [0.2, 0.25) is 10.0 Å². The Morgan fingerprint density at radius 3 is 2.67 bits per heavy atom. The number of nitrogens with one attached hydrogen (secondary N) is 1. The summed E-state index contributed by atoms with van der Waals surface area (Å²) < 4.78 is 31.7. The van der Waals surface area contributed by atoms with E-state index in [2.05, 4.69) is 4.72 Å². The van der Waals surface area contributed by atoms with Crippen LogP contribution in [0.5, 0.6) is 5.75 Å². The molecule has 0 aromatic heterocycles. The van der Waals surface area contributed by atoms with E-state index >= 15 is 0 Å². The maximum absolute atomic E-state index is 11.6. The fraction of sp³-hybridized carbons (Fsp3) is 0.538. The van der Waals surface area contributed by atoms with Crippen molar-refractivity contribution in [2.45, 2.75) is 38.3 Å². The molecule has 0 aliphatic heterocycles. The molecule has 18 heavy (non-hydrogen) atoms. The highest BCUT2D eigenvalue weighted by atomic mass is 32.2. The first kappa shape index (κ1) is 13.4. The summed E-state index contributed by atoms with van der Waals surface area (Å²) in [5, 5.41) is 0. The molecule has 1 fully saturated rings. The minimum Gasteiger partial charge on any atom is -0.489 e. The molecule has 0 unspecified atom stereocenters. The minimum absolute atomic E-state index is 0.0614. The van der Waals surface area contributed by atoms with Gasteiger partial charge in [0.1, 0.15) is 11.9 Å². The van der Waals surface area contributed by atoms with Crippen LogP contribution in [0.15, 0.2) is 30.3 Å². The molecule has 5 heteroatoms. The minimum atomic E-state index is -3.16. The third-order valence-electron chi connectivity index (χ3n) is 3.19. The number of ether oxygens (including phenoxy) is 1. The largest absolute Gasteiger partial charge is 0.489 e. The van der Waals surface area contributed by atoms with Gasteiger partial charge in [-0.05, 0) is 38.3 Å². The van der Waals surface area contributed by atoms with Gasteiger partial charge in [0.25, 0.3) is 0 Å². The third kappa shape index (κ3) is 3.46. The van der Waals surface area contributed by atoms with Gasteiger partial charge < -0.3 is 4.74 Å². The molecule has 1 aliphatic rings. The fourth-order valence-electron chi connectivity index (χ4n) is 2.19. The van der Waals surface area contributed by atoms with Gasteiger partial charge in [-0.15, -0.1) is 0 Å². The van der Waals surface area contributed by atoms with E-state index in [1.807, 2.05) is 30.3 Å². The molecular formula is C13H19NO3S. The standard InChI is InChI=1S/C13H19NO3S/c1-2-18(15,16)14-12-9-6-10-13(12)17-11-7-4-3-5-8-11/h3-5,7-8,12-14H,2,6,9-10H2,1H3/t12-,13-/m0/s1. The monoisotopic (exact) mass is 269 g/mol. The molecule has 0 saturated heterocycles. The van der Waals surface area contributed by atoms with Crippen molar-refractivity contribution in [3.05, 3.63) is 30.3 Å². The predicted octanol–water partition coefficient (Wildman–Crippen LogP) is 1.93. The molecule has 4 nitrogen and oxygen atoms in total. The summed E-state index contributed by atoms with van der Waals surface area (Å²) in [6, 6.07) is 9.44. The van der Waals surface area contributed by atoms with Crippen LogP contribution in [0, 0.1) is 0 Å². The Kier molecular flexibility index (Phi) is 4.24. The maximum atomic E-state index is 11.6. The van der Waals surface area contributed by atoms with Crippen LogP contribution in [0.4, 0.5) is 0 Å². The van der Waals surface area contributed by atoms with E-state index in [0.29, 0.717) is 0 Å². The average molecular weight is 269 g/mol. The van der Waals surface area contributed by atoms with Crippen molar-refractivity contribution in [1.29, 1.82) is 0 Å². The van der Waals surface area contributed by atoms with Gasteiger partial charge in [-0.25, -0.2) is 13.1 Å². The summed E-state index contributed by atoms with van der Waals surface area (Å²) in [7, 11) is -3.16. The van der Waals surface area contributed by atoms with Crippen LogP contribution >= 0.6 is 0 Å². The first-order chi connectivity index (χ1) is 8.61. The summed E-state index contributed by atoms with van der Waals surface area (Å²) in [6.07, 6.45) is 2.67. The maximum Gasteiger partial charge on any atom is 0.211 e. The Morgan fingerprint density at radius 1 is 1.28 bits per heavy atom. The van der Waals surface area contributed by atoms with E-state index in [9.17, 15) is 8.42 Å². The molecule has 1 aliphatic carbocycles. The van der Waals surface area contributed by atoms with E-state index in [0.717, 1.165) is 25.0 Å². The second-order valence-electron chi connectivity index (χ2n) is 4.53. The summed E-state index contributed by atoms with van der Waals surface area (Å²) in [5.74, 6) is 0.909. The van der Waals surface area contributed by atoms with Gasteiger partial charge in [-0.1, -0.05) is 18.2 Å². The van der Waals surface area contributed by atoms with Crippen molar-refractivity contribution >= 4 is 10.0 Å². The molecular weight excluding hydrogens is 250 g/mol. The van der Waals surface area contributed by atoms with Gasteiger partial charge in [-0.2, -0.15) is 0 Å². The first-order valence-electron chi connectivity index (χ1n) is 6.32. The average Bonchev–Trinajstić information content (AvgIpc) is 2.77. The molecule has 0 heterocycles. The summed E-state index contributed by atoms with van der Waals surface area (Å²) in [4.78, 5) is 0. The molecule has 1 aromatic carbocycles. The molecule has 2 rings (SSSR count). The van der Waals surface area contributed by atoms with Gasteiger partial charge in [0.05, 0.1) is 11.8 Å². The van der Waals surface area contributed by atoms with E-state index in [-0.39, 0.29) is 17.9 Å². The second kappa shape index (κ2) is 5.71. The summed E-state index contributed by atoms with van der Waals surface area (Å²) in [6.45, 7) is 1.64. The Balaban J connectivity index is 2.00. The van der Waals surface area contributed by atoms with Crippen LogP contribution in [0.25, 0.3) is 0 Å². The van der Waals surface area contributed by atoms with Crippen LogP contribution in [0.1, 0.15) is 26.2 Å². The number of hydrogen-bond acceptors (Lipinski definition) is 3. The quantitative estimate of drug-likeness (QED) is 0.888. The Labute approximate surface area is 108 Å². The predicted molar refractivity (Wildman–Crippen MR) is 71.1 cm³/mol. The summed E-state index contributed by atoms with van der Waals surface area (Å²) >= 11 is 0. The van der Waals surface area contributed by atoms with Crippen LogP contribution < -0.4 is 9.46 Å². The van der Waals surface area contributed by atoms with E-state index in [1.165, 1.54) is 0 Å². The number of benzene rings is 1. The highest BCUT2D eigenvalue weighted by molar-refractivity contribution is 7.89. The smallest absolute Gasteiger partial charge is 0.211 e. The van der Waals surface area contributed by atoms with E-state index < -0.39 is 10.0 Å². The highest BCUT2D eigenvalue weighted by Gasteiger charge is 2.31. The topological polar surface area (TPSA) is 55.4 Å².